The van der Waals surface area contributed by atoms with Crippen LogP contribution < -0.4 is 10.7 Å². The molecule has 6 nitrogen and oxygen atoms in total. The molecule has 2 aromatic rings. The number of halogens is 1. The Kier molecular flexibility index (Phi) is 5.56. The number of para-hydroxylation sites is 2. The standard InChI is InChI=1S/C14H11BrN4O2S/c15-11-7-5-10(6-8-11)9-16-18-14(22)17-12-3-1-2-4-13(12)19(20)21/h1-9H,(H2,17,18,22)/b16-9-. The van der Waals surface area contributed by atoms with Crippen LogP contribution in [0.1, 0.15) is 5.56 Å². The second-order valence-corrected chi connectivity index (χ2v) is 5.47. The van der Waals surface area contributed by atoms with E-state index in [0.717, 1.165) is 10.0 Å². The Morgan fingerprint density at radius 3 is 2.59 bits per heavy atom. The fourth-order valence-electron chi connectivity index (χ4n) is 1.60. The molecule has 0 radical (unpaired) electrons. The molecule has 2 rings (SSSR count). The molecule has 0 atom stereocenters. The van der Waals surface area contributed by atoms with Gasteiger partial charge in [0, 0.05) is 10.5 Å². The van der Waals surface area contributed by atoms with Gasteiger partial charge in [0.05, 0.1) is 11.1 Å². The van der Waals surface area contributed by atoms with Gasteiger partial charge in [0.25, 0.3) is 5.69 Å². The molecule has 0 saturated heterocycles. The maximum atomic E-state index is 10.9. The van der Waals surface area contributed by atoms with Crippen LogP contribution in [0.15, 0.2) is 58.1 Å². The van der Waals surface area contributed by atoms with Crippen molar-refractivity contribution in [2.24, 2.45) is 5.10 Å². The SMILES string of the molecule is O=[N+]([O-])c1ccccc1NC(=S)N/N=C\c1ccc(Br)cc1. The van der Waals surface area contributed by atoms with E-state index in [1.807, 2.05) is 24.3 Å². The predicted molar refractivity (Wildman–Crippen MR) is 94.2 cm³/mol. The van der Waals surface area contributed by atoms with Crippen LogP contribution in [0.3, 0.4) is 0 Å². The molecule has 8 heteroatoms. The van der Waals surface area contributed by atoms with Crippen molar-refractivity contribution < 1.29 is 4.92 Å². The molecular weight excluding hydrogens is 368 g/mol. The van der Waals surface area contributed by atoms with E-state index in [2.05, 4.69) is 31.8 Å². The summed E-state index contributed by atoms with van der Waals surface area (Å²) in [6.07, 6.45) is 1.60. The van der Waals surface area contributed by atoms with E-state index >= 15 is 0 Å². The Hall–Kier alpha value is -2.32. The highest BCUT2D eigenvalue weighted by atomic mass is 79.9. The Morgan fingerprint density at radius 1 is 1.23 bits per heavy atom. The van der Waals surface area contributed by atoms with Crippen molar-refractivity contribution in [1.29, 1.82) is 0 Å². The van der Waals surface area contributed by atoms with E-state index in [0.29, 0.717) is 5.69 Å². The van der Waals surface area contributed by atoms with Crippen LogP contribution in [0.25, 0.3) is 0 Å². The molecule has 112 valence electrons. The van der Waals surface area contributed by atoms with Crippen LogP contribution in [-0.4, -0.2) is 16.3 Å². The molecule has 2 aromatic carbocycles. The number of hydrogen-bond acceptors (Lipinski definition) is 4. The zero-order chi connectivity index (χ0) is 15.9. The minimum absolute atomic E-state index is 0.0523. The van der Waals surface area contributed by atoms with E-state index in [1.165, 1.54) is 6.07 Å². The molecule has 0 spiro atoms. The van der Waals surface area contributed by atoms with Crippen molar-refractivity contribution in [3.63, 3.8) is 0 Å². The van der Waals surface area contributed by atoms with E-state index in [9.17, 15) is 10.1 Å². The summed E-state index contributed by atoms with van der Waals surface area (Å²) in [6, 6.07) is 13.8. The van der Waals surface area contributed by atoms with Gasteiger partial charge >= 0.3 is 0 Å². The van der Waals surface area contributed by atoms with Gasteiger partial charge in [0.15, 0.2) is 5.11 Å². The van der Waals surface area contributed by atoms with Crippen molar-refractivity contribution in [1.82, 2.24) is 5.43 Å². The lowest BCUT2D eigenvalue weighted by Crippen LogP contribution is -2.24. The number of nitro groups is 1. The number of rotatable bonds is 4. The van der Waals surface area contributed by atoms with Gasteiger partial charge < -0.3 is 5.32 Å². The number of benzene rings is 2. The van der Waals surface area contributed by atoms with E-state index in [-0.39, 0.29) is 10.8 Å². The average Bonchev–Trinajstić information content (AvgIpc) is 2.49. The number of nitro benzene ring substituents is 1. The van der Waals surface area contributed by atoms with Crippen molar-refractivity contribution >= 4 is 50.8 Å². The Bertz CT molecular complexity index is 719. The number of hydrazone groups is 1. The number of thiocarbonyl (C=S) groups is 1. The molecule has 0 saturated carbocycles. The topological polar surface area (TPSA) is 79.6 Å². The summed E-state index contributed by atoms with van der Waals surface area (Å²) in [7, 11) is 0. The van der Waals surface area contributed by atoms with E-state index < -0.39 is 4.92 Å². The smallest absolute Gasteiger partial charge is 0.292 e. The molecule has 0 aromatic heterocycles. The Labute approximate surface area is 140 Å². The molecule has 22 heavy (non-hydrogen) atoms. The molecule has 0 heterocycles. The predicted octanol–water partition coefficient (Wildman–Crippen LogP) is 3.68. The molecule has 0 aliphatic carbocycles. The lowest BCUT2D eigenvalue weighted by molar-refractivity contribution is -0.383. The number of nitrogens with one attached hydrogen (secondary N) is 2. The number of nitrogens with zero attached hydrogens (tertiary/aromatic N) is 2. The Morgan fingerprint density at radius 2 is 1.91 bits per heavy atom. The summed E-state index contributed by atoms with van der Waals surface area (Å²) in [6.45, 7) is 0. The summed E-state index contributed by atoms with van der Waals surface area (Å²) in [5.74, 6) is 0. The molecular formula is C14H11BrN4O2S. The van der Waals surface area contributed by atoms with E-state index in [1.54, 1.807) is 24.4 Å². The molecule has 0 amide bonds. The number of anilines is 1. The van der Waals surface area contributed by atoms with Gasteiger partial charge in [0.1, 0.15) is 5.69 Å². The van der Waals surface area contributed by atoms with Crippen molar-refractivity contribution in [2.45, 2.75) is 0 Å². The van der Waals surface area contributed by atoms with Crippen molar-refractivity contribution in [2.75, 3.05) is 5.32 Å². The first-order chi connectivity index (χ1) is 10.6. The Balaban J connectivity index is 1.96. The van der Waals surface area contributed by atoms with Gasteiger partial charge in [0.2, 0.25) is 0 Å². The summed E-state index contributed by atoms with van der Waals surface area (Å²) < 4.78 is 0.978. The van der Waals surface area contributed by atoms with Crippen molar-refractivity contribution in [3.05, 3.63) is 68.7 Å². The lowest BCUT2D eigenvalue weighted by atomic mass is 10.2. The van der Waals surface area contributed by atoms with E-state index in [4.69, 9.17) is 12.2 Å². The average molecular weight is 379 g/mol. The second kappa shape index (κ2) is 7.62. The highest BCUT2D eigenvalue weighted by Crippen LogP contribution is 2.22. The highest BCUT2D eigenvalue weighted by Gasteiger charge is 2.12. The fraction of sp³-hybridized carbons (Fsp3) is 0. The third kappa shape index (κ3) is 4.61. The van der Waals surface area contributed by atoms with Crippen LogP contribution >= 0.6 is 28.1 Å². The summed E-state index contributed by atoms with van der Waals surface area (Å²) in [5.41, 5.74) is 3.77. The summed E-state index contributed by atoms with van der Waals surface area (Å²) in [4.78, 5) is 10.4. The zero-order valence-electron chi connectivity index (χ0n) is 11.2. The van der Waals surface area contributed by atoms with Crippen LogP contribution in [0.4, 0.5) is 11.4 Å². The van der Waals surface area contributed by atoms with Crippen molar-refractivity contribution in [3.8, 4) is 0 Å². The molecule has 0 unspecified atom stereocenters. The minimum Gasteiger partial charge on any atom is -0.326 e. The normalized spacial score (nSPS) is 10.4. The largest absolute Gasteiger partial charge is 0.326 e. The molecule has 2 N–H and O–H groups in total. The van der Waals surface area contributed by atoms with Gasteiger partial charge in [-0.2, -0.15) is 5.10 Å². The molecule has 0 bridgehead atoms. The van der Waals surface area contributed by atoms with Crippen LogP contribution in [0.2, 0.25) is 0 Å². The first-order valence-electron chi connectivity index (χ1n) is 6.15. The third-order valence-corrected chi connectivity index (χ3v) is 3.32. The van der Waals surface area contributed by atoms with Gasteiger partial charge in [-0.1, -0.05) is 40.2 Å². The maximum Gasteiger partial charge on any atom is 0.292 e. The van der Waals surface area contributed by atoms with Gasteiger partial charge in [-0.3, -0.25) is 15.5 Å². The summed E-state index contributed by atoms with van der Waals surface area (Å²) in [5, 5.41) is 17.8. The minimum atomic E-state index is -0.476. The van der Waals surface area contributed by atoms with Crippen LogP contribution in [-0.2, 0) is 0 Å². The molecule has 0 fully saturated rings. The van der Waals surface area contributed by atoms with Gasteiger partial charge in [-0.15, -0.1) is 0 Å². The van der Waals surface area contributed by atoms with Gasteiger partial charge in [-0.25, -0.2) is 0 Å². The second-order valence-electron chi connectivity index (χ2n) is 4.15. The molecule has 0 aliphatic rings. The fourth-order valence-corrected chi connectivity index (χ4v) is 2.03. The van der Waals surface area contributed by atoms with Crippen LogP contribution in [0.5, 0.6) is 0 Å². The lowest BCUT2D eigenvalue weighted by Gasteiger charge is -2.07. The quantitative estimate of drug-likeness (QED) is 0.367. The summed E-state index contributed by atoms with van der Waals surface area (Å²) >= 11 is 8.40. The molecule has 0 aliphatic heterocycles. The first kappa shape index (κ1) is 16.1. The van der Waals surface area contributed by atoms with Gasteiger partial charge in [-0.05, 0) is 36.0 Å². The third-order valence-electron chi connectivity index (χ3n) is 2.60. The number of hydrogen-bond donors (Lipinski definition) is 2. The highest BCUT2D eigenvalue weighted by molar-refractivity contribution is 9.10. The first-order valence-corrected chi connectivity index (χ1v) is 7.35. The van der Waals surface area contributed by atoms with Crippen LogP contribution in [0, 0.1) is 10.1 Å². The zero-order valence-corrected chi connectivity index (χ0v) is 13.6. The maximum absolute atomic E-state index is 10.9. The monoisotopic (exact) mass is 378 g/mol.